The number of fused-ring (bicyclic) bond motifs is 4. The number of piperidine rings is 1. The Morgan fingerprint density at radius 3 is 2.78 bits per heavy atom. The van der Waals surface area contributed by atoms with Crippen molar-refractivity contribution in [1.29, 1.82) is 0 Å². The predicted molar refractivity (Wildman–Crippen MR) is 156 cm³/mol. The van der Waals surface area contributed by atoms with Crippen LogP contribution >= 0.6 is 15.9 Å². The summed E-state index contributed by atoms with van der Waals surface area (Å²) in [6, 6.07) is 8.53. The second-order valence-corrected chi connectivity index (χ2v) is 11.8. The Morgan fingerprint density at radius 2 is 2.00 bits per heavy atom. The summed E-state index contributed by atoms with van der Waals surface area (Å²) in [5.74, 6) is -1.09. The summed E-state index contributed by atoms with van der Waals surface area (Å²) in [6.45, 7) is 2.26. The van der Waals surface area contributed by atoms with E-state index in [9.17, 15) is 18.8 Å². The van der Waals surface area contributed by atoms with Crippen molar-refractivity contribution < 1.29 is 18.7 Å². The lowest BCUT2D eigenvalue weighted by molar-refractivity contribution is -0.142. The monoisotopic (exact) mass is 623 g/mol. The number of rotatable bonds is 6. The van der Waals surface area contributed by atoms with Gasteiger partial charge in [-0.15, -0.1) is 0 Å². The normalized spacial score (nSPS) is 18.2. The third-order valence-corrected chi connectivity index (χ3v) is 9.12. The Morgan fingerprint density at radius 1 is 1.20 bits per heavy atom. The van der Waals surface area contributed by atoms with Gasteiger partial charge in [-0.25, -0.2) is 4.39 Å². The minimum Gasteiger partial charge on any atom is -0.383 e. The largest absolute Gasteiger partial charge is 0.383 e. The lowest BCUT2D eigenvalue weighted by Gasteiger charge is -2.33. The van der Waals surface area contributed by atoms with Crippen LogP contribution in [0.25, 0.3) is 21.8 Å². The Bertz CT molecular complexity index is 1690. The molecule has 2 aliphatic rings. The SMILES string of the molecule is COCCN1Cc2c(cc(Br)c3[nH]ncc23)C[C@@H](CC(=O)N2CCC(c3cc4cccc(F)c4[nH]c3=O)CC2)C1=O. The fraction of sp³-hybridized carbons (Fsp3) is 0.400. The van der Waals surface area contributed by atoms with E-state index in [1.54, 1.807) is 41.3 Å². The first-order valence-electron chi connectivity index (χ1n) is 13.8. The summed E-state index contributed by atoms with van der Waals surface area (Å²) in [5, 5.41) is 8.84. The van der Waals surface area contributed by atoms with Crippen molar-refractivity contribution in [2.24, 2.45) is 5.92 Å². The fourth-order valence-corrected chi connectivity index (χ4v) is 6.85. The van der Waals surface area contributed by atoms with E-state index in [-0.39, 0.29) is 35.2 Å². The Labute approximate surface area is 244 Å². The molecule has 0 radical (unpaired) electrons. The average Bonchev–Trinajstić information content (AvgIpc) is 3.43. The summed E-state index contributed by atoms with van der Waals surface area (Å²) in [7, 11) is 1.61. The van der Waals surface area contributed by atoms with Gasteiger partial charge in [-0.1, -0.05) is 12.1 Å². The summed E-state index contributed by atoms with van der Waals surface area (Å²) >= 11 is 3.62. The number of likely N-dealkylation sites (tertiary alicyclic amines) is 1. The van der Waals surface area contributed by atoms with Crippen molar-refractivity contribution in [3.8, 4) is 0 Å². The van der Waals surface area contributed by atoms with Gasteiger partial charge in [0.2, 0.25) is 11.8 Å². The van der Waals surface area contributed by atoms with Gasteiger partial charge in [0.15, 0.2) is 0 Å². The summed E-state index contributed by atoms with van der Waals surface area (Å²) < 4.78 is 20.3. The molecule has 0 saturated carbocycles. The number of methoxy groups -OCH3 is 1. The van der Waals surface area contributed by atoms with Crippen LogP contribution < -0.4 is 5.56 Å². The first kappa shape index (κ1) is 27.6. The van der Waals surface area contributed by atoms with E-state index in [2.05, 4.69) is 31.1 Å². The molecule has 2 amide bonds. The average molecular weight is 625 g/mol. The number of aromatic amines is 2. The topological polar surface area (TPSA) is 111 Å². The smallest absolute Gasteiger partial charge is 0.251 e. The third kappa shape index (κ3) is 5.28. The standard InChI is InChI=1S/C30H31BrFN5O4/c1-41-10-9-37-16-23-19(13-24(31)28-22(23)15-33-35-28)11-20(30(37)40)14-26(38)36-7-5-17(6-8-36)21-12-18-3-2-4-25(32)27(18)34-29(21)39/h2-4,12-13,15,17,20H,5-11,14,16H2,1H3,(H,33,35)(H,34,39)/t20-/m0/s1. The molecule has 1 fully saturated rings. The number of hydrogen-bond acceptors (Lipinski definition) is 5. The zero-order valence-corrected chi connectivity index (χ0v) is 24.3. The van der Waals surface area contributed by atoms with Gasteiger partial charge in [-0.3, -0.25) is 19.5 Å². The second-order valence-electron chi connectivity index (χ2n) is 10.9. The number of carbonyl (C=O) groups excluding carboxylic acids is 2. The lowest BCUT2D eigenvalue weighted by atomic mass is 9.88. The Balaban J connectivity index is 1.18. The van der Waals surface area contributed by atoms with Gasteiger partial charge in [-0.05, 0) is 70.4 Å². The molecule has 0 unspecified atom stereocenters. The minimum atomic E-state index is -0.493. The number of H-pyrrole nitrogens is 2. The molecule has 2 N–H and O–H groups in total. The number of ether oxygens (including phenoxy) is 1. The molecule has 2 aromatic carbocycles. The predicted octanol–water partition coefficient (Wildman–Crippen LogP) is 4.25. The van der Waals surface area contributed by atoms with Gasteiger partial charge in [-0.2, -0.15) is 5.10 Å². The van der Waals surface area contributed by atoms with E-state index >= 15 is 0 Å². The van der Waals surface area contributed by atoms with Crippen molar-refractivity contribution in [2.45, 2.75) is 38.1 Å². The number of hydrogen-bond donors (Lipinski definition) is 2. The number of halogens is 2. The molecular formula is C30H31BrFN5O4. The maximum Gasteiger partial charge on any atom is 0.251 e. The summed E-state index contributed by atoms with van der Waals surface area (Å²) in [5.41, 5.74) is 3.50. The molecule has 4 aromatic rings. The molecule has 2 aromatic heterocycles. The quantitative estimate of drug-likeness (QED) is 0.334. The van der Waals surface area contributed by atoms with Crippen molar-refractivity contribution in [1.82, 2.24) is 25.0 Å². The van der Waals surface area contributed by atoms with Crippen molar-refractivity contribution in [2.75, 3.05) is 33.4 Å². The van der Waals surface area contributed by atoms with Crippen LogP contribution in [0.1, 0.15) is 41.9 Å². The molecule has 11 heteroatoms. The molecule has 214 valence electrons. The van der Waals surface area contributed by atoms with E-state index in [0.717, 1.165) is 26.5 Å². The van der Waals surface area contributed by atoms with Gasteiger partial charge < -0.3 is 19.5 Å². The van der Waals surface area contributed by atoms with Crippen LogP contribution in [-0.4, -0.2) is 70.1 Å². The van der Waals surface area contributed by atoms with Crippen molar-refractivity contribution in [3.63, 3.8) is 0 Å². The maximum absolute atomic E-state index is 14.1. The first-order chi connectivity index (χ1) is 19.8. The molecule has 0 spiro atoms. The summed E-state index contributed by atoms with van der Waals surface area (Å²) in [4.78, 5) is 46.3. The zero-order chi connectivity index (χ0) is 28.7. The van der Waals surface area contributed by atoms with E-state index in [0.29, 0.717) is 63.0 Å². The van der Waals surface area contributed by atoms with Crippen LogP contribution in [0.5, 0.6) is 0 Å². The Kier molecular flexibility index (Phi) is 7.65. The number of nitrogens with one attached hydrogen (secondary N) is 2. The first-order valence-corrected chi connectivity index (χ1v) is 14.6. The van der Waals surface area contributed by atoms with E-state index in [1.165, 1.54) is 6.07 Å². The number of benzene rings is 2. The minimum absolute atomic E-state index is 0.0267. The van der Waals surface area contributed by atoms with Crippen LogP contribution in [0.2, 0.25) is 0 Å². The number of amides is 2. The molecule has 4 heterocycles. The van der Waals surface area contributed by atoms with Crippen molar-refractivity contribution in [3.05, 3.63) is 73.9 Å². The highest BCUT2D eigenvalue weighted by atomic mass is 79.9. The second kappa shape index (κ2) is 11.4. The summed E-state index contributed by atoms with van der Waals surface area (Å²) in [6.07, 6.45) is 3.61. The number of carbonyl (C=O) groups is 2. The third-order valence-electron chi connectivity index (χ3n) is 8.50. The van der Waals surface area contributed by atoms with E-state index in [4.69, 9.17) is 4.74 Å². The van der Waals surface area contributed by atoms with Crippen LogP contribution in [0, 0.1) is 11.7 Å². The molecule has 2 aliphatic heterocycles. The molecule has 9 nitrogen and oxygen atoms in total. The van der Waals surface area contributed by atoms with Gasteiger partial charge >= 0.3 is 0 Å². The number of para-hydroxylation sites is 1. The van der Waals surface area contributed by atoms with Gasteiger partial charge in [0, 0.05) is 60.5 Å². The molecule has 0 bridgehead atoms. The number of aromatic nitrogens is 3. The molecular weight excluding hydrogens is 593 g/mol. The Hall–Kier alpha value is -3.57. The van der Waals surface area contributed by atoms with Crippen LogP contribution in [0.15, 0.2) is 45.8 Å². The molecule has 41 heavy (non-hydrogen) atoms. The number of nitrogens with zero attached hydrogens (tertiary/aromatic N) is 3. The van der Waals surface area contributed by atoms with Crippen LogP contribution in [-0.2, 0) is 27.3 Å². The molecule has 0 aliphatic carbocycles. The highest BCUT2D eigenvalue weighted by Crippen LogP contribution is 2.35. The van der Waals surface area contributed by atoms with Crippen LogP contribution in [0.4, 0.5) is 4.39 Å². The molecule has 6 rings (SSSR count). The van der Waals surface area contributed by atoms with Gasteiger partial charge in [0.05, 0.1) is 29.8 Å². The van der Waals surface area contributed by atoms with E-state index in [1.807, 2.05) is 6.07 Å². The maximum atomic E-state index is 14.1. The van der Waals surface area contributed by atoms with Gasteiger partial charge in [0.25, 0.3) is 5.56 Å². The molecule has 1 atom stereocenters. The lowest BCUT2D eigenvalue weighted by Crippen LogP contribution is -2.42. The zero-order valence-electron chi connectivity index (χ0n) is 22.7. The van der Waals surface area contributed by atoms with Crippen LogP contribution in [0.3, 0.4) is 0 Å². The van der Waals surface area contributed by atoms with Crippen molar-refractivity contribution >= 4 is 49.6 Å². The molecule has 1 saturated heterocycles. The highest BCUT2D eigenvalue weighted by molar-refractivity contribution is 9.10. The van der Waals surface area contributed by atoms with Gasteiger partial charge in [0.1, 0.15) is 5.82 Å². The fourth-order valence-electron chi connectivity index (χ4n) is 6.28. The number of pyridine rings is 1. The van der Waals surface area contributed by atoms with E-state index < -0.39 is 11.7 Å². The highest BCUT2D eigenvalue weighted by Gasteiger charge is 2.34.